The van der Waals surface area contributed by atoms with Crippen LogP contribution in [0.2, 0.25) is 0 Å². The van der Waals surface area contributed by atoms with E-state index < -0.39 is 0 Å². The Morgan fingerprint density at radius 2 is 2.25 bits per heavy atom. The summed E-state index contributed by atoms with van der Waals surface area (Å²) in [6.07, 6.45) is -0.237. The molecular formula is C15H21N3O2. The van der Waals surface area contributed by atoms with E-state index >= 15 is 0 Å². The van der Waals surface area contributed by atoms with E-state index in [4.69, 9.17) is 4.74 Å². The number of nitrogens with zero attached hydrogens (tertiary/aromatic N) is 3. The number of rotatable bonds is 2. The van der Waals surface area contributed by atoms with Gasteiger partial charge in [-0.2, -0.15) is 5.26 Å². The average molecular weight is 275 g/mol. The van der Waals surface area contributed by atoms with E-state index in [1.165, 1.54) is 0 Å². The molecule has 0 amide bonds. The van der Waals surface area contributed by atoms with Crippen molar-refractivity contribution < 1.29 is 9.84 Å². The highest BCUT2D eigenvalue weighted by Gasteiger charge is 2.34. The summed E-state index contributed by atoms with van der Waals surface area (Å²) < 4.78 is 5.82. The molecule has 5 heteroatoms. The molecule has 0 saturated carbocycles. The van der Waals surface area contributed by atoms with Crippen LogP contribution in [-0.4, -0.2) is 41.5 Å². The smallest absolute Gasteiger partial charge is 0.103 e. The number of ether oxygens (including phenoxy) is 1. The number of aliphatic hydroxyl groups excluding tert-OH is 1. The van der Waals surface area contributed by atoms with Gasteiger partial charge in [0.15, 0.2) is 0 Å². The molecular weight excluding hydrogens is 254 g/mol. The molecule has 0 bridgehead atoms. The molecule has 0 spiro atoms. The number of aliphatic hydroxyl groups is 1. The maximum Gasteiger partial charge on any atom is 0.103 e. The summed E-state index contributed by atoms with van der Waals surface area (Å²) in [5.74, 6) is 0. The minimum atomic E-state index is -0.358. The predicted molar refractivity (Wildman–Crippen MR) is 76.7 cm³/mol. The summed E-state index contributed by atoms with van der Waals surface area (Å²) in [6.45, 7) is 9.00. The average Bonchev–Trinajstić information content (AvgIpc) is 2.36. The molecule has 1 fully saturated rings. The van der Waals surface area contributed by atoms with Gasteiger partial charge in [0, 0.05) is 18.8 Å². The highest BCUT2D eigenvalue weighted by molar-refractivity contribution is 5.62. The standard InChI is InChI=1S/C15H21N3O2/c1-10-5-14(13(6-16)11(2)17-10)18-7-12(8-19)20-15(3,4)9-18/h5,12,19H,7-9H2,1-4H3. The van der Waals surface area contributed by atoms with Crippen molar-refractivity contribution in [3.8, 4) is 6.07 Å². The summed E-state index contributed by atoms with van der Waals surface area (Å²) in [7, 11) is 0. The first kappa shape index (κ1) is 14.8. The lowest BCUT2D eigenvalue weighted by molar-refractivity contribution is -0.101. The monoisotopic (exact) mass is 275 g/mol. The molecule has 1 aliphatic rings. The second-order valence-electron chi connectivity index (χ2n) is 5.92. The van der Waals surface area contributed by atoms with E-state index in [2.05, 4.69) is 16.0 Å². The van der Waals surface area contributed by atoms with Gasteiger partial charge in [0.25, 0.3) is 0 Å². The molecule has 1 atom stereocenters. The fraction of sp³-hybridized carbons (Fsp3) is 0.600. The molecule has 1 aromatic rings. The predicted octanol–water partition coefficient (Wildman–Crippen LogP) is 1.55. The van der Waals surface area contributed by atoms with Crippen LogP contribution in [0.3, 0.4) is 0 Å². The number of aromatic nitrogens is 1. The van der Waals surface area contributed by atoms with Crippen molar-refractivity contribution in [1.82, 2.24) is 4.98 Å². The summed E-state index contributed by atoms with van der Waals surface area (Å²) in [5.41, 5.74) is 2.76. The number of anilines is 1. The van der Waals surface area contributed by atoms with Gasteiger partial charge in [-0.05, 0) is 33.8 Å². The Hall–Kier alpha value is -1.64. The van der Waals surface area contributed by atoms with Gasteiger partial charge in [-0.15, -0.1) is 0 Å². The van der Waals surface area contributed by atoms with Gasteiger partial charge in [-0.25, -0.2) is 0 Å². The van der Waals surface area contributed by atoms with Crippen LogP contribution in [0.4, 0.5) is 5.69 Å². The van der Waals surface area contributed by atoms with E-state index in [1.807, 2.05) is 33.8 Å². The Balaban J connectivity index is 2.43. The lowest BCUT2D eigenvalue weighted by Gasteiger charge is -2.43. The molecule has 0 aromatic carbocycles. The quantitative estimate of drug-likeness (QED) is 0.886. The topological polar surface area (TPSA) is 69.4 Å². The molecule has 2 rings (SSSR count). The largest absolute Gasteiger partial charge is 0.394 e. The van der Waals surface area contributed by atoms with Crippen molar-refractivity contribution in [3.05, 3.63) is 23.0 Å². The summed E-state index contributed by atoms with van der Waals surface area (Å²) >= 11 is 0. The highest BCUT2D eigenvalue weighted by atomic mass is 16.5. The first-order valence-electron chi connectivity index (χ1n) is 6.78. The van der Waals surface area contributed by atoms with E-state index in [0.29, 0.717) is 18.7 Å². The van der Waals surface area contributed by atoms with Crippen LogP contribution in [0.1, 0.15) is 30.8 Å². The number of hydrogen-bond donors (Lipinski definition) is 1. The normalized spacial score (nSPS) is 21.6. The lowest BCUT2D eigenvalue weighted by atomic mass is 10.0. The molecule has 1 aromatic heterocycles. The van der Waals surface area contributed by atoms with E-state index in [0.717, 1.165) is 17.1 Å². The van der Waals surface area contributed by atoms with Crippen LogP contribution in [-0.2, 0) is 4.74 Å². The summed E-state index contributed by atoms with van der Waals surface area (Å²) in [5, 5.41) is 18.8. The van der Waals surface area contributed by atoms with E-state index in [1.54, 1.807) is 0 Å². The van der Waals surface area contributed by atoms with Crippen LogP contribution in [0.5, 0.6) is 0 Å². The Morgan fingerprint density at radius 3 is 2.85 bits per heavy atom. The molecule has 20 heavy (non-hydrogen) atoms. The maximum absolute atomic E-state index is 9.39. The third-order valence-corrected chi connectivity index (χ3v) is 3.45. The van der Waals surface area contributed by atoms with Crippen LogP contribution < -0.4 is 4.90 Å². The van der Waals surface area contributed by atoms with Crippen LogP contribution in [0.15, 0.2) is 6.07 Å². The van der Waals surface area contributed by atoms with Crippen molar-refractivity contribution in [3.63, 3.8) is 0 Å². The first-order valence-corrected chi connectivity index (χ1v) is 6.78. The molecule has 1 unspecified atom stereocenters. The van der Waals surface area contributed by atoms with Gasteiger partial charge in [0.05, 0.1) is 35.3 Å². The Bertz CT molecular complexity index is 549. The van der Waals surface area contributed by atoms with Crippen molar-refractivity contribution in [1.29, 1.82) is 5.26 Å². The SMILES string of the molecule is Cc1cc(N2CC(CO)OC(C)(C)C2)c(C#N)c(C)n1. The summed E-state index contributed by atoms with van der Waals surface area (Å²) in [6, 6.07) is 4.17. The third-order valence-electron chi connectivity index (χ3n) is 3.45. The van der Waals surface area contributed by atoms with Gasteiger partial charge >= 0.3 is 0 Å². The Morgan fingerprint density at radius 1 is 1.55 bits per heavy atom. The van der Waals surface area contributed by atoms with Crippen molar-refractivity contribution >= 4 is 5.69 Å². The molecule has 1 N–H and O–H groups in total. The van der Waals surface area contributed by atoms with Crippen LogP contribution in [0, 0.1) is 25.2 Å². The minimum absolute atomic E-state index is 0.0230. The zero-order valence-electron chi connectivity index (χ0n) is 12.5. The number of aryl methyl sites for hydroxylation is 2. The van der Waals surface area contributed by atoms with Crippen molar-refractivity contribution in [2.75, 3.05) is 24.6 Å². The zero-order chi connectivity index (χ0) is 14.9. The fourth-order valence-electron chi connectivity index (χ4n) is 2.77. The van der Waals surface area contributed by atoms with Crippen LogP contribution in [0.25, 0.3) is 0 Å². The van der Waals surface area contributed by atoms with Crippen molar-refractivity contribution in [2.24, 2.45) is 0 Å². The number of hydrogen-bond acceptors (Lipinski definition) is 5. The highest BCUT2D eigenvalue weighted by Crippen LogP contribution is 2.29. The third kappa shape index (κ3) is 2.92. The molecule has 108 valence electrons. The second kappa shape index (κ2) is 5.39. The van der Waals surface area contributed by atoms with Gasteiger partial charge in [-0.1, -0.05) is 0 Å². The second-order valence-corrected chi connectivity index (χ2v) is 5.92. The maximum atomic E-state index is 9.39. The van der Waals surface area contributed by atoms with Crippen molar-refractivity contribution in [2.45, 2.75) is 39.4 Å². The molecule has 1 saturated heterocycles. The zero-order valence-corrected chi connectivity index (χ0v) is 12.5. The lowest BCUT2D eigenvalue weighted by Crippen LogP contribution is -2.54. The molecule has 1 aliphatic heterocycles. The van der Waals surface area contributed by atoms with Gasteiger partial charge < -0.3 is 14.7 Å². The molecule has 0 radical (unpaired) electrons. The van der Waals surface area contributed by atoms with E-state index in [-0.39, 0.29) is 18.3 Å². The number of pyridine rings is 1. The number of nitriles is 1. The Kier molecular flexibility index (Phi) is 3.98. The molecule has 5 nitrogen and oxygen atoms in total. The first-order chi connectivity index (χ1) is 9.36. The fourth-order valence-corrected chi connectivity index (χ4v) is 2.77. The number of morpholine rings is 1. The molecule has 0 aliphatic carbocycles. The summed E-state index contributed by atoms with van der Waals surface area (Å²) in [4.78, 5) is 6.46. The van der Waals surface area contributed by atoms with E-state index in [9.17, 15) is 10.4 Å². The van der Waals surface area contributed by atoms with Crippen LogP contribution >= 0.6 is 0 Å². The van der Waals surface area contributed by atoms with Gasteiger partial charge in [-0.3, -0.25) is 4.98 Å². The van der Waals surface area contributed by atoms with Gasteiger partial charge in [0.1, 0.15) is 6.07 Å². The minimum Gasteiger partial charge on any atom is -0.394 e. The molecule has 2 heterocycles. The Labute approximate surface area is 119 Å². The van der Waals surface area contributed by atoms with Gasteiger partial charge in [0.2, 0.25) is 0 Å².